The van der Waals surface area contributed by atoms with Gasteiger partial charge in [0.25, 0.3) is 0 Å². The third kappa shape index (κ3) is 1.93. The van der Waals surface area contributed by atoms with Crippen LogP contribution >= 0.6 is 15.9 Å². The van der Waals surface area contributed by atoms with E-state index in [0.29, 0.717) is 11.5 Å². The molecule has 2 rings (SSSR count). The Morgan fingerprint density at radius 1 is 1.39 bits per heavy atom. The van der Waals surface area contributed by atoms with Crippen molar-refractivity contribution in [2.24, 2.45) is 4.99 Å². The minimum atomic E-state index is -0.478. The number of halogens is 1. The van der Waals surface area contributed by atoms with Gasteiger partial charge in [-0.25, -0.2) is 4.79 Å². The highest BCUT2D eigenvalue weighted by Gasteiger charge is 2.48. The van der Waals surface area contributed by atoms with Crippen LogP contribution in [0.4, 0.5) is 0 Å². The van der Waals surface area contributed by atoms with Gasteiger partial charge in [0.1, 0.15) is 5.54 Å². The van der Waals surface area contributed by atoms with E-state index in [1.165, 1.54) is 0 Å². The van der Waals surface area contributed by atoms with E-state index in [0.717, 1.165) is 28.4 Å². The van der Waals surface area contributed by atoms with Gasteiger partial charge < -0.3 is 9.47 Å². The molecule has 1 saturated carbocycles. The second-order valence-corrected chi connectivity index (χ2v) is 5.18. The Labute approximate surface area is 114 Å². The van der Waals surface area contributed by atoms with Gasteiger partial charge in [0, 0.05) is 10.0 Å². The SMILES string of the molecule is COc1cc(Br)c(C)c(C2(N=C=O)CC2)c1OC. The summed E-state index contributed by atoms with van der Waals surface area (Å²) >= 11 is 3.50. The molecule has 0 saturated heterocycles. The number of rotatable bonds is 4. The van der Waals surface area contributed by atoms with Gasteiger partial charge in [-0.05, 0) is 31.4 Å². The fraction of sp³-hybridized carbons (Fsp3) is 0.462. The van der Waals surface area contributed by atoms with Gasteiger partial charge in [-0.15, -0.1) is 0 Å². The van der Waals surface area contributed by atoms with Crippen LogP contribution in [0.2, 0.25) is 0 Å². The number of nitrogens with zero attached hydrogens (tertiary/aromatic N) is 1. The standard InChI is InChI=1S/C13H14BrNO3/c1-8-9(14)6-10(17-2)12(18-3)11(8)13(4-5-13)15-7-16/h6H,4-5H2,1-3H3. The lowest BCUT2D eigenvalue weighted by Crippen LogP contribution is -2.09. The molecule has 0 heterocycles. The van der Waals surface area contributed by atoms with Gasteiger partial charge in [0.2, 0.25) is 6.08 Å². The molecule has 0 amide bonds. The molecule has 0 aromatic heterocycles. The van der Waals surface area contributed by atoms with E-state index in [4.69, 9.17) is 9.47 Å². The number of hydrogen-bond acceptors (Lipinski definition) is 4. The molecule has 0 atom stereocenters. The van der Waals surface area contributed by atoms with Crippen LogP contribution in [0, 0.1) is 6.92 Å². The van der Waals surface area contributed by atoms with E-state index < -0.39 is 5.54 Å². The minimum absolute atomic E-state index is 0.478. The molecule has 1 aliphatic carbocycles. The lowest BCUT2D eigenvalue weighted by Gasteiger charge is -2.20. The average Bonchev–Trinajstić information content (AvgIpc) is 3.12. The maximum absolute atomic E-state index is 10.6. The first kappa shape index (κ1) is 13.1. The van der Waals surface area contributed by atoms with Crippen molar-refractivity contribution in [2.75, 3.05) is 14.2 Å². The van der Waals surface area contributed by atoms with E-state index in [9.17, 15) is 4.79 Å². The van der Waals surface area contributed by atoms with Crippen LogP contribution in [0.15, 0.2) is 15.5 Å². The molecule has 0 N–H and O–H groups in total. The van der Waals surface area contributed by atoms with Crippen LogP contribution in [0.5, 0.6) is 11.5 Å². The van der Waals surface area contributed by atoms with Gasteiger partial charge in [0.05, 0.1) is 14.2 Å². The van der Waals surface area contributed by atoms with Crippen LogP contribution < -0.4 is 9.47 Å². The van der Waals surface area contributed by atoms with Gasteiger partial charge in [-0.3, -0.25) is 0 Å². The maximum atomic E-state index is 10.6. The molecule has 4 nitrogen and oxygen atoms in total. The van der Waals surface area contributed by atoms with Crippen LogP contribution in [-0.2, 0) is 10.3 Å². The summed E-state index contributed by atoms with van der Waals surface area (Å²) in [5.74, 6) is 1.28. The Morgan fingerprint density at radius 3 is 2.50 bits per heavy atom. The summed E-state index contributed by atoms with van der Waals surface area (Å²) < 4.78 is 11.7. The zero-order chi connectivity index (χ0) is 13.3. The fourth-order valence-corrected chi connectivity index (χ4v) is 2.65. The topological polar surface area (TPSA) is 47.9 Å². The molecule has 1 aliphatic rings. The lowest BCUT2D eigenvalue weighted by molar-refractivity contribution is 0.348. The van der Waals surface area contributed by atoms with Crippen molar-refractivity contribution in [3.05, 3.63) is 21.7 Å². The van der Waals surface area contributed by atoms with Crippen molar-refractivity contribution < 1.29 is 14.3 Å². The lowest BCUT2D eigenvalue weighted by atomic mass is 9.97. The first-order chi connectivity index (χ1) is 8.59. The quantitative estimate of drug-likeness (QED) is 0.634. The molecule has 0 bridgehead atoms. The zero-order valence-electron chi connectivity index (χ0n) is 10.5. The van der Waals surface area contributed by atoms with E-state index >= 15 is 0 Å². The summed E-state index contributed by atoms with van der Waals surface area (Å²) in [7, 11) is 3.18. The van der Waals surface area contributed by atoms with E-state index in [2.05, 4.69) is 20.9 Å². The maximum Gasteiger partial charge on any atom is 0.235 e. The average molecular weight is 312 g/mol. The summed E-state index contributed by atoms with van der Waals surface area (Å²) in [5.41, 5.74) is 1.46. The number of carbonyl (C=O) groups excluding carboxylic acids is 1. The van der Waals surface area contributed by atoms with Crippen molar-refractivity contribution in [1.82, 2.24) is 0 Å². The van der Waals surface area contributed by atoms with E-state index in [1.807, 2.05) is 13.0 Å². The first-order valence-electron chi connectivity index (χ1n) is 5.60. The van der Waals surface area contributed by atoms with Crippen molar-refractivity contribution >= 4 is 22.0 Å². The van der Waals surface area contributed by atoms with Crippen molar-refractivity contribution in [3.63, 3.8) is 0 Å². The monoisotopic (exact) mass is 311 g/mol. The van der Waals surface area contributed by atoms with Gasteiger partial charge in [0.15, 0.2) is 11.5 Å². The smallest absolute Gasteiger partial charge is 0.235 e. The summed E-state index contributed by atoms with van der Waals surface area (Å²) in [5, 5.41) is 0. The molecular weight excluding hydrogens is 298 g/mol. The summed E-state index contributed by atoms with van der Waals surface area (Å²) in [6, 6.07) is 1.86. The third-order valence-electron chi connectivity index (χ3n) is 3.31. The summed E-state index contributed by atoms with van der Waals surface area (Å²) in [6.45, 7) is 1.97. The Hall–Kier alpha value is -1.32. The molecule has 0 spiro atoms. The Bertz CT molecular complexity index is 532. The molecule has 0 unspecified atom stereocenters. The van der Waals surface area contributed by atoms with Crippen LogP contribution in [0.3, 0.4) is 0 Å². The number of benzene rings is 1. The first-order valence-corrected chi connectivity index (χ1v) is 6.39. The number of isocyanates is 1. The fourth-order valence-electron chi connectivity index (χ4n) is 2.24. The highest BCUT2D eigenvalue weighted by atomic mass is 79.9. The molecule has 0 radical (unpaired) electrons. The van der Waals surface area contributed by atoms with Gasteiger partial charge in [-0.2, -0.15) is 4.99 Å². The summed E-state index contributed by atoms with van der Waals surface area (Å²) in [4.78, 5) is 14.6. The Kier molecular flexibility index (Phi) is 3.46. The highest BCUT2D eigenvalue weighted by molar-refractivity contribution is 9.10. The molecule has 1 fully saturated rings. The highest BCUT2D eigenvalue weighted by Crippen LogP contribution is 2.56. The van der Waals surface area contributed by atoms with Crippen molar-refractivity contribution in [1.29, 1.82) is 0 Å². The van der Waals surface area contributed by atoms with E-state index in [1.54, 1.807) is 20.3 Å². The number of aliphatic imine (C=N–C) groups is 1. The zero-order valence-corrected chi connectivity index (χ0v) is 12.1. The van der Waals surface area contributed by atoms with Crippen LogP contribution in [0.1, 0.15) is 24.0 Å². The number of methoxy groups -OCH3 is 2. The molecule has 5 heteroatoms. The van der Waals surface area contributed by atoms with Crippen molar-refractivity contribution in [2.45, 2.75) is 25.3 Å². The van der Waals surface area contributed by atoms with Crippen LogP contribution in [-0.4, -0.2) is 20.3 Å². The molecule has 1 aromatic carbocycles. The Balaban J connectivity index is 2.71. The normalized spacial score (nSPS) is 15.8. The predicted molar refractivity (Wildman–Crippen MR) is 71.0 cm³/mol. The summed E-state index contributed by atoms with van der Waals surface area (Å²) in [6.07, 6.45) is 3.33. The van der Waals surface area contributed by atoms with Gasteiger partial charge in [-0.1, -0.05) is 15.9 Å². The molecule has 1 aromatic rings. The largest absolute Gasteiger partial charge is 0.493 e. The molecule has 18 heavy (non-hydrogen) atoms. The predicted octanol–water partition coefficient (Wildman–Crippen LogP) is 3.10. The second kappa shape index (κ2) is 4.75. The Morgan fingerprint density at radius 2 is 2.06 bits per heavy atom. The molecular formula is C13H14BrNO3. The number of hydrogen-bond donors (Lipinski definition) is 0. The third-order valence-corrected chi connectivity index (χ3v) is 4.14. The van der Waals surface area contributed by atoms with E-state index in [-0.39, 0.29) is 0 Å². The molecule has 0 aliphatic heterocycles. The van der Waals surface area contributed by atoms with Crippen molar-refractivity contribution in [3.8, 4) is 11.5 Å². The van der Waals surface area contributed by atoms with Crippen LogP contribution in [0.25, 0.3) is 0 Å². The molecule has 96 valence electrons. The van der Waals surface area contributed by atoms with Gasteiger partial charge >= 0.3 is 0 Å². The number of ether oxygens (including phenoxy) is 2. The second-order valence-electron chi connectivity index (χ2n) is 4.33. The minimum Gasteiger partial charge on any atom is -0.493 e.